The quantitative estimate of drug-likeness (QED) is 0.237. The summed E-state index contributed by atoms with van der Waals surface area (Å²) < 4.78 is 30.6. The molecule has 3 rings (SSSR count). The second-order valence-electron chi connectivity index (χ2n) is 7.40. The molecule has 1 amide bonds. The molecule has 11 heteroatoms. The summed E-state index contributed by atoms with van der Waals surface area (Å²) in [7, 11) is 1.64. The normalized spacial score (nSPS) is 11.6. The zero-order chi connectivity index (χ0) is 25.2. The number of allylic oxidation sites excluding steroid dienone is 1. The maximum absolute atomic E-state index is 15.1. The van der Waals surface area contributed by atoms with Gasteiger partial charge in [-0.1, -0.05) is 24.2 Å². The standard InChI is InChI=1S/C23H22ClF2N5O3/c1-5-29(4)19(11-32)28-31(12-33)22-18(26)9-14-20(27-22)15(13(2)3)10-30(23(14)34)21-16(24)7-6-8-17(21)25/h6-10,12,32H,2,5,11H2,1,3-4H3/b28-19-. The maximum Gasteiger partial charge on any atom is 0.264 e. The minimum atomic E-state index is -1.03. The lowest BCUT2D eigenvalue weighted by atomic mass is 10.1. The molecular weight excluding hydrogens is 468 g/mol. The lowest BCUT2D eigenvalue weighted by molar-refractivity contribution is -0.107. The fourth-order valence-corrected chi connectivity index (χ4v) is 3.49. The molecule has 178 valence electrons. The van der Waals surface area contributed by atoms with Crippen LogP contribution in [-0.4, -0.2) is 52.0 Å². The fraction of sp³-hybridized carbons (Fsp3) is 0.217. The summed E-state index contributed by atoms with van der Waals surface area (Å²) in [5.74, 6) is -2.16. The molecule has 0 radical (unpaired) electrons. The van der Waals surface area contributed by atoms with E-state index in [0.29, 0.717) is 22.7 Å². The molecule has 0 saturated heterocycles. The van der Waals surface area contributed by atoms with Crippen LogP contribution in [-0.2, 0) is 4.79 Å². The number of aromatic nitrogens is 2. The van der Waals surface area contributed by atoms with Gasteiger partial charge in [-0.3, -0.25) is 14.2 Å². The number of halogens is 3. The molecule has 34 heavy (non-hydrogen) atoms. The van der Waals surface area contributed by atoms with Gasteiger partial charge >= 0.3 is 0 Å². The second kappa shape index (κ2) is 10.1. The molecule has 2 heterocycles. The highest BCUT2D eigenvalue weighted by molar-refractivity contribution is 6.32. The highest BCUT2D eigenvalue weighted by Crippen LogP contribution is 2.29. The number of amides is 1. The van der Waals surface area contributed by atoms with Gasteiger partial charge in [0.05, 0.1) is 15.9 Å². The summed E-state index contributed by atoms with van der Waals surface area (Å²) >= 11 is 6.14. The molecule has 3 aromatic rings. The van der Waals surface area contributed by atoms with Crippen LogP contribution in [0, 0.1) is 11.6 Å². The fourth-order valence-electron chi connectivity index (χ4n) is 3.24. The Bertz CT molecular complexity index is 1350. The lowest BCUT2D eigenvalue weighted by Crippen LogP contribution is -2.33. The van der Waals surface area contributed by atoms with Crippen LogP contribution in [0.4, 0.5) is 14.6 Å². The maximum atomic E-state index is 15.1. The topological polar surface area (TPSA) is 91.0 Å². The van der Waals surface area contributed by atoms with E-state index in [9.17, 15) is 19.1 Å². The second-order valence-corrected chi connectivity index (χ2v) is 7.80. The summed E-state index contributed by atoms with van der Waals surface area (Å²) in [5.41, 5.74) is -0.184. The summed E-state index contributed by atoms with van der Waals surface area (Å²) in [4.78, 5) is 30.7. The number of anilines is 1. The Morgan fingerprint density at radius 1 is 1.35 bits per heavy atom. The van der Waals surface area contributed by atoms with Crippen molar-refractivity contribution in [1.82, 2.24) is 14.5 Å². The third-order valence-electron chi connectivity index (χ3n) is 5.15. The van der Waals surface area contributed by atoms with E-state index in [1.165, 1.54) is 18.3 Å². The van der Waals surface area contributed by atoms with Crippen molar-refractivity contribution in [2.45, 2.75) is 13.8 Å². The van der Waals surface area contributed by atoms with Gasteiger partial charge in [-0.15, -0.1) is 5.10 Å². The number of hydrazone groups is 1. The molecule has 0 unspecified atom stereocenters. The van der Waals surface area contributed by atoms with E-state index in [2.05, 4.69) is 16.7 Å². The van der Waals surface area contributed by atoms with Crippen LogP contribution in [0.25, 0.3) is 22.2 Å². The first kappa shape index (κ1) is 25.0. The Morgan fingerprint density at radius 3 is 2.62 bits per heavy atom. The van der Waals surface area contributed by atoms with E-state index in [-0.39, 0.29) is 33.9 Å². The van der Waals surface area contributed by atoms with Gasteiger partial charge in [-0.25, -0.2) is 13.8 Å². The molecule has 1 N–H and O–H groups in total. The summed E-state index contributed by atoms with van der Waals surface area (Å²) in [6.45, 7) is 7.27. The number of aliphatic hydroxyl groups excluding tert-OH is 1. The minimum Gasteiger partial charge on any atom is -0.388 e. The monoisotopic (exact) mass is 489 g/mol. The zero-order valence-electron chi connectivity index (χ0n) is 18.7. The number of amidine groups is 1. The van der Waals surface area contributed by atoms with Gasteiger partial charge in [0.2, 0.25) is 6.41 Å². The Hall–Kier alpha value is -3.63. The number of hydrogen-bond donors (Lipinski definition) is 1. The number of aliphatic hydroxyl groups is 1. The van der Waals surface area contributed by atoms with Gasteiger partial charge in [0, 0.05) is 25.4 Å². The van der Waals surface area contributed by atoms with Crippen molar-refractivity contribution in [2.75, 3.05) is 25.2 Å². The third kappa shape index (κ3) is 4.55. The third-order valence-corrected chi connectivity index (χ3v) is 5.46. The van der Waals surface area contributed by atoms with E-state index in [1.54, 1.807) is 25.8 Å². The van der Waals surface area contributed by atoms with Gasteiger partial charge in [-0.05, 0) is 37.6 Å². The number of carbonyl (C=O) groups excluding carboxylic acids is 1. The van der Waals surface area contributed by atoms with E-state index in [0.717, 1.165) is 16.7 Å². The van der Waals surface area contributed by atoms with Gasteiger partial charge in [0.25, 0.3) is 5.56 Å². The summed E-state index contributed by atoms with van der Waals surface area (Å²) in [6.07, 6.45) is 1.54. The van der Waals surface area contributed by atoms with Crippen molar-refractivity contribution >= 4 is 46.1 Å². The van der Waals surface area contributed by atoms with Crippen molar-refractivity contribution in [1.29, 1.82) is 0 Å². The van der Waals surface area contributed by atoms with Crippen LogP contribution >= 0.6 is 11.6 Å². The van der Waals surface area contributed by atoms with E-state index < -0.39 is 29.6 Å². The smallest absolute Gasteiger partial charge is 0.264 e. The van der Waals surface area contributed by atoms with Crippen LogP contribution in [0.2, 0.25) is 5.02 Å². The van der Waals surface area contributed by atoms with E-state index >= 15 is 4.39 Å². The number of para-hydroxylation sites is 1. The first-order valence-electron chi connectivity index (χ1n) is 10.1. The van der Waals surface area contributed by atoms with Crippen LogP contribution < -0.4 is 10.6 Å². The number of likely N-dealkylation sites (N-methyl/N-ethyl adjacent to an activating group) is 1. The van der Waals surface area contributed by atoms with Crippen LogP contribution in [0.3, 0.4) is 0 Å². The van der Waals surface area contributed by atoms with Gasteiger partial charge in [0.15, 0.2) is 17.5 Å². The molecule has 8 nitrogen and oxygen atoms in total. The zero-order valence-corrected chi connectivity index (χ0v) is 19.5. The first-order chi connectivity index (χ1) is 16.1. The summed E-state index contributed by atoms with van der Waals surface area (Å²) in [5, 5.41) is 14.0. The van der Waals surface area contributed by atoms with Crippen molar-refractivity contribution in [3.63, 3.8) is 0 Å². The van der Waals surface area contributed by atoms with Gasteiger partial charge in [-0.2, -0.15) is 5.01 Å². The molecule has 0 spiro atoms. The van der Waals surface area contributed by atoms with Gasteiger partial charge in [0.1, 0.15) is 18.1 Å². The molecule has 0 fully saturated rings. The number of rotatable bonds is 7. The van der Waals surface area contributed by atoms with Crippen molar-refractivity contribution in [3.05, 3.63) is 69.6 Å². The Labute approximate surface area is 199 Å². The Balaban J connectivity index is 2.34. The minimum absolute atomic E-state index is 0.0165. The predicted molar refractivity (Wildman–Crippen MR) is 128 cm³/mol. The SMILES string of the molecule is C=C(C)c1cn(-c2c(F)cccc2Cl)c(=O)c2cc(F)c(N(C=O)/N=C(/CO)N(C)CC)nc12. The largest absolute Gasteiger partial charge is 0.388 e. The lowest BCUT2D eigenvalue weighted by Gasteiger charge is -2.21. The molecule has 0 aliphatic carbocycles. The molecular formula is C23H22ClF2N5O3. The number of carbonyl (C=O) groups is 1. The highest BCUT2D eigenvalue weighted by Gasteiger charge is 2.22. The molecule has 1 aromatic carbocycles. The highest BCUT2D eigenvalue weighted by atomic mass is 35.5. The molecule has 2 aromatic heterocycles. The van der Waals surface area contributed by atoms with Crippen molar-refractivity contribution < 1.29 is 18.7 Å². The van der Waals surface area contributed by atoms with E-state index in [1.807, 2.05) is 0 Å². The van der Waals surface area contributed by atoms with Crippen LogP contribution in [0.5, 0.6) is 0 Å². The summed E-state index contributed by atoms with van der Waals surface area (Å²) in [6, 6.07) is 4.86. The Morgan fingerprint density at radius 2 is 2.06 bits per heavy atom. The molecule has 0 aliphatic heterocycles. The van der Waals surface area contributed by atoms with Crippen molar-refractivity contribution in [2.24, 2.45) is 5.10 Å². The number of fused-ring (bicyclic) bond motifs is 1. The molecule has 0 saturated carbocycles. The van der Waals surface area contributed by atoms with Crippen LogP contribution in [0.1, 0.15) is 19.4 Å². The average molecular weight is 490 g/mol. The first-order valence-corrected chi connectivity index (χ1v) is 10.5. The average Bonchev–Trinajstić information content (AvgIpc) is 2.80. The molecule has 0 atom stereocenters. The van der Waals surface area contributed by atoms with Crippen LogP contribution in [0.15, 0.2) is 46.9 Å². The molecule has 0 bridgehead atoms. The molecule has 0 aliphatic rings. The number of nitrogens with zero attached hydrogens (tertiary/aromatic N) is 5. The van der Waals surface area contributed by atoms with Gasteiger partial charge < -0.3 is 10.0 Å². The van der Waals surface area contributed by atoms with E-state index in [4.69, 9.17) is 11.6 Å². The Kier molecular flexibility index (Phi) is 7.43. The van der Waals surface area contributed by atoms with Crippen molar-refractivity contribution in [3.8, 4) is 5.69 Å². The number of benzene rings is 1. The number of pyridine rings is 2. The number of hydrogen-bond acceptors (Lipinski definition) is 5. The predicted octanol–water partition coefficient (Wildman–Crippen LogP) is 3.57.